The fourth-order valence-corrected chi connectivity index (χ4v) is 6.20. The van der Waals surface area contributed by atoms with Gasteiger partial charge in [-0.15, -0.1) is 11.3 Å². The molecule has 1 saturated heterocycles. The number of H-pyrrole nitrogens is 1. The highest BCUT2D eigenvalue weighted by atomic mass is 32.1. The van der Waals surface area contributed by atoms with Crippen molar-refractivity contribution in [1.82, 2.24) is 24.9 Å². The molecule has 1 N–H and O–H groups in total. The Morgan fingerprint density at radius 2 is 1.97 bits per heavy atom. The first-order chi connectivity index (χ1) is 17.0. The number of carbonyl (C=O) groups excluding carboxylic acids is 1. The summed E-state index contributed by atoms with van der Waals surface area (Å²) in [5.74, 6) is 0.187. The summed E-state index contributed by atoms with van der Waals surface area (Å²) in [7, 11) is 0. The number of halogens is 1. The van der Waals surface area contributed by atoms with Gasteiger partial charge in [0.05, 0.1) is 11.9 Å². The Morgan fingerprint density at radius 1 is 1.14 bits per heavy atom. The van der Waals surface area contributed by atoms with Crippen LogP contribution < -0.4 is 5.56 Å². The van der Waals surface area contributed by atoms with Gasteiger partial charge in [-0.05, 0) is 43.4 Å². The standard InChI is InChI=1S/C25H24FN5O3S/c26-16-5-3-4-15(12-16)18-13-19(34-29-18)25(33)31-10-8-30(9-11-31)14-21-27-23(32)22-17-6-1-2-7-20(17)35-24(22)28-21/h3-5,12-13H,1-2,6-11,14H2,(H,27,28,32). The second kappa shape index (κ2) is 9.01. The topological polar surface area (TPSA) is 95.3 Å². The number of hydrogen-bond acceptors (Lipinski definition) is 7. The van der Waals surface area contributed by atoms with Gasteiger partial charge in [-0.2, -0.15) is 0 Å². The normalized spacial score (nSPS) is 16.5. The van der Waals surface area contributed by atoms with Gasteiger partial charge >= 0.3 is 0 Å². The number of rotatable bonds is 4. The van der Waals surface area contributed by atoms with E-state index in [1.807, 2.05) is 0 Å². The lowest BCUT2D eigenvalue weighted by atomic mass is 9.97. The van der Waals surface area contributed by atoms with Crippen molar-refractivity contribution in [3.63, 3.8) is 0 Å². The summed E-state index contributed by atoms with van der Waals surface area (Å²) in [6.45, 7) is 2.88. The molecule has 2 aliphatic rings. The number of hydrogen-bond donors (Lipinski definition) is 1. The van der Waals surface area contributed by atoms with E-state index in [4.69, 9.17) is 9.51 Å². The van der Waals surface area contributed by atoms with E-state index in [2.05, 4.69) is 15.0 Å². The summed E-state index contributed by atoms with van der Waals surface area (Å²) >= 11 is 1.65. The molecule has 1 fully saturated rings. The van der Waals surface area contributed by atoms with Crippen LogP contribution in [-0.2, 0) is 19.4 Å². The van der Waals surface area contributed by atoms with Crippen molar-refractivity contribution in [2.45, 2.75) is 32.2 Å². The van der Waals surface area contributed by atoms with E-state index in [9.17, 15) is 14.0 Å². The second-order valence-electron chi connectivity index (χ2n) is 9.06. The molecule has 0 saturated carbocycles. The molecule has 1 amide bonds. The Hall–Kier alpha value is -3.37. The van der Waals surface area contributed by atoms with Crippen LogP contribution >= 0.6 is 11.3 Å². The number of carbonyl (C=O) groups is 1. The summed E-state index contributed by atoms with van der Waals surface area (Å²) in [4.78, 5) is 39.5. The highest BCUT2D eigenvalue weighted by molar-refractivity contribution is 7.18. The number of nitrogens with zero attached hydrogens (tertiary/aromatic N) is 4. The molecule has 1 aliphatic heterocycles. The molecular formula is C25H24FN5O3S. The SMILES string of the molecule is O=C(c1cc(-c2cccc(F)c2)no1)N1CCN(Cc2nc3sc4c(c3c(=O)[nH]2)CCCC4)CC1. The monoisotopic (exact) mass is 493 g/mol. The third-order valence-corrected chi connectivity index (χ3v) is 7.93. The van der Waals surface area contributed by atoms with Gasteiger partial charge in [0.15, 0.2) is 0 Å². The maximum Gasteiger partial charge on any atom is 0.292 e. The van der Waals surface area contributed by atoms with Crippen LogP contribution in [0.4, 0.5) is 4.39 Å². The number of piperazine rings is 1. The lowest BCUT2D eigenvalue weighted by molar-refractivity contribution is 0.0586. The fraction of sp³-hybridized carbons (Fsp3) is 0.360. The Morgan fingerprint density at radius 3 is 2.80 bits per heavy atom. The number of amides is 1. The minimum atomic E-state index is -0.372. The highest BCUT2D eigenvalue weighted by Gasteiger charge is 2.26. The molecule has 8 nitrogen and oxygen atoms in total. The van der Waals surface area contributed by atoms with Crippen LogP contribution in [0.15, 0.2) is 39.6 Å². The second-order valence-corrected chi connectivity index (χ2v) is 10.1. The first kappa shape index (κ1) is 22.1. The van der Waals surface area contributed by atoms with Gasteiger partial charge in [0, 0.05) is 42.7 Å². The molecule has 0 atom stereocenters. The van der Waals surface area contributed by atoms with Crippen molar-refractivity contribution >= 4 is 27.5 Å². The Kier molecular flexibility index (Phi) is 5.69. The van der Waals surface area contributed by atoms with Gasteiger partial charge < -0.3 is 14.4 Å². The molecule has 10 heteroatoms. The maximum absolute atomic E-state index is 13.5. The van der Waals surface area contributed by atoms with E-state index < -0.39 is 0 Å². The first-order valence-electron chi connectivity index (χ1n) is 11.8. The summed E-state index contributed by atoms with van der Waals surface area (Å²) in [6.07, 6.45) is 4.30. The maximum atomic E-state index is 13.5. The van der Waals surface area contributed by atoms with Gasteiger partial charge in [0.25, 0.3) is 11.5 Å². The quantitative estimate of drug-likeness (QED) is 0.467. The Balaban J connectivity index is 1.11. The van der Waals surface area contributed by atoms with E-state index in [1.165, 1.54) is 29.0 Å². The number of thiophene rings is 1. The third-order valence-electron chi connectivity index (χ3n) is 6.75. The number of benzene rings is 1. The minimum Gasteiger partial charge on any atom is -0.350 e. The van der Waals surface area contributed by atoms with Crippen molar-refractivity contribution in [3.05, 3.63) is 68.5 Å². The molecule has 0 unspecified atom stereocenters. The van der Waals surface area contributed by atoms with Gasteiger partial charge in [0.1, 0.15) is 22.2 Å². The molecule has 0 bridgehead atoms. The van der Waals surface area contributed by atoms with Gasteiger partial charge in [0.2, 0.25) is 5.76 Å². The van der Waals surface area contributed by atoms with Crippen molar-refractivity contribution in [2.75, 3.05) is 26.2 Å². The molecule has 1 aromatic carbocycles. The van der Waals surface area contributed by atoms with E-state index in [0.717, 1.165) is 29.5 Å². The molecule has 6 rings (SSSR count). The van der Waals surface area contributed by atoms with Gasteiger partial charge in [-0.25, -0.2) is 9.37 Å². The van der Waals surface area contributed by atoms with Crippen LogP contribution in [0.5, 0.6) is 0 Å². The highest BCUT2D eigenvalue weighted by Crippen LogP contribution is 2.33. The summed E-state index contributed by atoms with van der Waals surface area (Å²) < 4.78 is 18.8. The van der Waals surface area contributed by atoms with Crippen LogP contribution in [-0.4, -0.2) is 57.0 Å². The number of aromatic amines is 1. The predicted octanol–water partition coefficient (Wildman–Crippen LogP) is 3.62. The van der Waals surface area contributed by atoms with Crippen molar-refractivity contribution in [2.24, 2.45) is 0 Å². The molecule has 3 aromatic heterocycles. The molecule has 35 heavy (non-hydrogen) atoms. The average molecular weight is 494 g/mol. The molecule has 1 aliphatic carbocycles. The number of aromatic nitrogens is 3. The number of fused-ring (bicyclic) bond motifs is 3. The van der Waals surface area contributed by atoms with Crippen LogP contribution in [0.3, 0.4) is 0 Å². The van der Waals surface area contributed by atoms with Crippen molar-refractivity contribution in [1.29, 1.82) is 0 Å². The van der Waals surface area contributed by atoms with E-state index >= 15 is 0 Å². The van der Waals surface area contributed by atoms with E-state index in [-0.39, 0.29) is 23.0 Å². The van der Waals surface area contributed by atoms with Crippen LogP contribution in [0.1, 0.15) is 39.7 Å². The lowest BCUT2D eigenvalue weighted by Gasteiger charge is -2.33. The minimum absolute atomic E-state index is 0.0439. The smallest absolute Gasteiger partial charge is 0.292 e. The molecule has 4 heterocycles. The molecule has 4 aromatic rings. The van der Waals surface area contributed by atoms with Crippen LogP contribution in [0.2, 0.25) is 0 Å². The van der Waals surface area contributed by atoms with Crippen molar-refractivity contribution in [3.8, 4) is 11.3 Å². The fourth-order valence-electron chi connectivity index (χ4n) is 4.92. The van der Waals surface area contributed by atoms with Gasteiger partial charge in [-0.1, -0.05) is 17.3 Å². The zero-order valence-corrected chi connectivity index (χ0v) is 19.9. The summed E-state index contributed by atoms with van der Waals surface area (Å²) in [5.41, 5.74) is 2.13. The zero-order valence-electron chi connectivity index (χ0n) is 19.1. The molecule has 180 valence electrons. The van der Waals surface area contributed by atoms with Crippen LogP contribution in [0, 0.1) is 5.82 Å². The Labute approximate surface area is 204 Å². The van der Waals surface area contributed by atoms with Crippen LogP contribution in [0.25, 0.3) is 21.5 Å². The summed E-state index contributed by atoms with van der Waals surface area (Å²) in [6, 6.07) is 7.56. The average Bonchev–Trinajstić information content (AvgIpc) is 3.49. The third kappa shape index (κ3) is 4.28. The number of aryl methyl sites for hydroxylation is 2. The first-order valence-corrected chi connectivity index (χ1v) is 12.6. The number of nitrogens with one attached hydrogen (secondary N) is 1. The van der Waals surface area contributed by atoms with E-state index in [1.54, 1.807) is 34.4 Å². The zero-order chi connectivity index (χ0) is 23.9. The molecular weight excluding hydrogens is 469 g/mol. The predicted molar refractivity (Wildman–Crippen MR) is 130 cm³/mol. The summed E-state index contributed by atoms with van der Waals surface area (Å²) in [5, 5.41) is 4.70. The largest absolute Gasteiger partial charge is 0.350 e. The Bertz CT molecular complexity index is 1470. The van der Waals surface area contributed by atoms with Gasteiger partial charge in [-0.3, -0.25) is 14.5 Å². The van der Waals surface area contributed by atoms with E-state index in [0.29, 0.717) is 49.8 Å². The van der Waals surface area contributed by atoms with Crippen molar-refractivity contribution < 1.29 is 13.7 Å². The molecule has 0 spiro atoms. The lowest BCUT2D eigenvalue weighted by Crippen LogP contribution is -2.48. The molecule has 0 radical (unpaired) electrons.